The highest BCUT2D eigenvalue weighted by Gasteiger charge is 2.56. The average molecular weight is 222 g/mol. The summed E-state index contributed by atoms with van der Waals surface area (Å²) in [6.07, 6.45) is 9.31. The molecular formula is C14H26N2. The predicted octanol–water partition coefficient (Wildman–Crippen LogP) is 2.42. The molecule has 3 atom stereocenters. The highest BCUT2D eigenvalue weighted by Crippen LogP contribution is 2.56. The molecule has 0 saturated heterocycles. The normalized spacial score (nSPS) is 51.9. The van der Waals surface area contributed by atoms with Crippen LogP contribution in [0.3, 0.4) is 0 Å². The van der Waals surface area contributed by atoms with E-state index in [2.05, 4.69) is 19.2 Å². The van der Waals surface area contributed by atoms with Crippen LogP contribution in [0.5, 0.6) is 0 Å². The molecule has 16 heavy (non-hydrogen) atoms. The van der Waals surface area contributed by atoms with Gasteiger partial charge in [-0.1, -0.05) is 6.92 Å². The Morgan fingerprint density at radius 2 is 1.88 bits per heavy atom. The maximum Gasteiger partial charge on any atom is 0.0206 e. The van der Waals surface area contributed by atoms with Gasteiger partial charge >= 0.3 is 0 Å². The molecule has 0 radical (unpaired) electrons. The minimum atomic E-state index is 0.185. The van der Waals surface area contributed by atoms with E-state index in [-0.39, 0.29) is 5.54 Å². The Bertz CT molecular complexity index is 272. The highest BCUT2D eigenvalue weighted by atomic mass is 15.0. The molecule has 0 aliphatic heterocycles. The van der Waals surface area contributed by atoms with E-state index < -0.39 is 0 Å². The van der Waals surface area contributed by atoms with E-state index in [9.17, 15) is 0 Å². The van der Waals surface area contributed by atoms with Gasteiger partial charge in [0.1, 0.15) is 0 Å². The van der Waals surface area contributed by atoms with Gasteiger partial charge in [0, 0.05) is 17.1 Å². The molecule has 4 bridgehead atoms. The smallest absolute Gasteiger partial charge is 0.0206 e. The van der Waals surface area contributed by atoms with Crippen LogP contribution in [0.1, 0.15) is 58.8 Å². The molecule has 4 fully saturated rings. The zero-order valence-electron chi connectivity index (χ0n) is 10.8. The fraction of sp³-hybridized carbons (Fsp3) is 1.00. The molecule has 0 amide bonds. The van der Waals surface area contributed by atoms with E-state index in [1.165, 1.54) is 44.9 Å². The van der Waals surface area contributed by atoms with Crippen molar-refractivity contribution in [2.24, 2.45) is 17.6 Å². The SMILES string of the molecule is CCC(C)NC12CC3CC(CC(N)(C3)C1)C2. The largest absolute Gasteiger partial charge is 0.325 e. The molecule has 0 aromatic carbocycles. The zero-order chi connectivity index (χ0) is 11.4. The number of hydrogen-bond donors (Lipinski definition) is 2. The van der Waals surface area contributed by atoms with Crippen molar-refractivity contribution in [3.63, 3.8) is 0 Å². The Hall–Kier alpha value is -0.0800. The molecule has 4 aliphatic rings. The quantitative estimate of drug-likeness (QED) is 0.769. The molecular weight excluding hydrogens is 196 g/mol. The molecule has 3 N–H and O–H groups in total. The van der Waals surface area contributed by atoms with Gasteiger partial charge in [-0.25, -0.2) is 0 Å². The van der Waals surface area contributed by atoms with E-state index >= 15 is 0 Å². The first-order valence-corrected chi connectivity index (χ1v) is 7.09. The second-order valence-electron chi connectivity index (χ2n) is 7.06. The number of hydrogen-bond acceptors (Lipinski definition) is 2. The van der Waals surface area contributed by atoms with Crippen molar-refractivity contribution in [3.05, 3.63) is 0 Å². The first-order valence-electron chi connectivity index (χ1n) is 7.09. The third kappa shape index (κ3) is 1.70. The van der Waals surface area contributed by atoms with Crippen LogP contribution < -0.4 is 11.1 Å². The lowest BCUT2D eigenvalue weighted by Gasteiger charge is -2.61. The van der Waals surface area contributed by atoms with E-state index in [1.54, 1.807) is 0 Å². The Labute approximate surface area is 99.4 Å². The van der Waals surface area contributed by atoms with Gasteiger partial charge < -0.3 is 11.1 Å². The third-order valence-electron chi connectivity index (χ3n) is 5.27. The fourth-order valence-corrected chi connectivity index (χ4v) is 5.13. The first-order chi connectivity index (χ1) is 7.53. The lowest BCUT2D eigenvalue weighted by atomic mass is 9.50. The number of nitrogens with one attached hydrogen (secondary N) is 1. The maximum absolute atomic E-state index is 6.58. The van der Waals surface area contributed by atoms with E-state index in [4.69, 9.17) is 5.73 Å². The van der Waals surface area contributed by atoms with Gasteiger partial charge in [-0.05, 0) is 63.7 Å². The Morgan fingerprint density at radius 1 is 1.25 bits per heavy atom. The van der Waals surface area contributed by atoms with Crippen molar-refractivity contribution in [1.29, 1.82) is 0 Å². The van der Waals surface area contributed by atoms with Crippen LogP contribution in [0.15, 0.2) is 0 Å². The van der Waals surface area contributed by atoms with Crippen LogP contribution in [0.25, 0.3) is 0 Å². The van der Waals surface area contributed by atoms with Crippen LogP contribution in [-0.4, -0.2) is 17.1 Å². The lowest BCUT2D eigenvalue weighted by Crippen LogP contribution is -2.68. The summed E-state index contributed by atoms with van der Waals surface area (Å²) in [5.41, 5.74) is 7.18. The second-order valence-corrected chi connectivity index (χ2v) is 7.06. The molecule has 0 aromatic heterocycles. The Kier molecular flexibility index (Phi) is 2.38. The molecule has 0 aromatic rings. The molecule has 2 nitrogen and oxygen atoms in total. The van der Waals surface area contributed by atoms with E-state index in [0.29, 0.717) is 11.6 Å². The summed E-state index contributed by atoms with van der Waals surface area (Å²) >= 11 is 0. The standard InChI is InChI=1S/C14H26N2/c1-3-10(2)16-14-7-11-4-12(8-14)6-13(15,5-11)9-14/h10-12,16H,3-9,15H2,1-2H3. The first kappa shape index (κ1) is 11.0. The van der Waals surface area contributed by atoms with Gasteiger partial charge in [0.05, 0.1) is 0 Å². The van der Waals surface area contributed by atoms with Gasteiger partial charge in [0.15, 0.2) is 0 Å². The molecule has 0 heterocycles. The predicted molar refractivity (Wildman–Crippen MR) is 67.2 cm³/mol. The molecule has 4 saturated carbocycles. The van der Waals surface area contributed by atoms with E-state index in [1.807, 2.05) is 0 Å². The van der Waals surface area contributed by atoms with E-state index in [0.717, 1.165) is 11.8 Å². The minimum Gasteiger partial charge on any atom is -0.325 e. The van der Waals surface area contributed by atoms with Crippen molar-refractivity contribution >= 4 is 0 Å². The van der Waals surface area contributed by atoms with Crippen LogP contribution >= 0.6 is 0 Å². The van der Waals surface area contributed by atoms with Crippen molar-refractivity contribution in [1.82, 2.24) is 5.32 Å². The van der Waals surface area contributed by atoms with Crippen molar-refractivity contribution < 1.29 is 0 Å². The zero-order valence-corrected chi connectivity index (χ0v) is 10.8. The van der Waals surface area contributed by atoms with Crippen LogP contribution in [0.2, 0.25) is 0 Å². The highest BCUT2D eigenvalue weighted by molar-refractivity contribution is 5.14. The summed E-state index contributed by atoms with van der Waals surface area (Å²) in [4.78, 5) is 0. The topological polar surface area (TPSA) is 38.0 Å². The van der Waals surface area contributed by atoms with Crippen molar-refractivity contribution in [2.45, 2.75) is 75.9 Å². The van der Waals surface area contributed by atoms with Gasteiger partial charge in [0.2, 0.25) is 0 Å². The molecule has 2 heteroatoms. The molecule has 92 valence electrons. The number of nitrogens with two attached hydrogens (primary N) is 1. The van der Waals surface area contributed by atoms with Crippen molar-refractivity contribution in [3.8, 4) is 0 Å². The summed E-state index contributed by atoms with van der Waals surface area (Å²) in [5.74, 6) is 1.84. The van der Waals surface area contributed by atoms with Crippen LogP contribution in [-0.2, 0) is 0 Å². The Balaban J connectivity index is 1.81. The average Bonchev–Trinajstić information content (AvgIpc) is 2.12. The van der Waals surface area contributed by atoms with Crippen molar-refractivity contribution in [2.75, 3.05) is 0 Å². The van der Waals surface area contributed by atoms with Crippen LogP contribution in [0, 0.1) is 11.8 Å². The second kappa shape index (κ2) is 3.46. The Morgan fingerprint density at radius 3 is 2.38 bits per heavy atom. The van der Waals surface area contributed by atoms with Gasteiger partial charge in [-0.3, -0.25) is 0 Å². The summed E-state index contributed by atoms with van der Waals surface area (Å²) in [5, 5.41) is 3.92. The van der Waals surface area contributed by atoms with Gasteiger partial charge in [0.25, 0.3) is 0 Å². The molecule has 4 rings (SSSR count). The summed E-state index contributed by atoms with van der Waals surface area (Å²) in [6.45, 7) is 4.60. The summed E-state index contributed by atoms with van der Waals surface area (Å²) in [7, 11) is 0. The maximum atomic E-state index is 6.58. The van der Waals surface area contributed by atoms with Gasteiger partial charge in [-0.15, -0.1) is 0 Å². The summed E-state index contributed by atoms with van der Waals surface area (Å²) in [6, 6.07) is 0.653. The monoisotopic (exact) mass is 222 g/mol. The third-order valence-corrected chi connectivity index (χ3v) is 5.27. The van der Waals surface area contributed by atoms with Gasteiger partial charge in [-0.2, -0.15) is 0 Å². The number of rotatable bonds is 3. The lowest BCUT2D eigenvalue weighted by molar-refractivity contribution is -0.0398. The molecule has 3 unspecified atom stereocenters. The molecule has 4 aliphatic carbocycles. The van der Waals surface area contributed by atoms with Crippen LogP contribution in [0.4, 0.5) is 0 Å². The molecule has 0 spiro atoms. The fourth-order valence-electron chi connectivity index (χ4n) is 5.13. The minimum absolute atomic E-state index is 0.185. The summed E-state index contributed by atoms with van der Waals surface area (Å²) < 4.78 is 0.